The van der Waals surface area contributed by atoms with Crippen LogP contribution >= 0.6 is 0 Å². The van der Waals surface area contributed by atoms with Crippen molar-refractivity contribution in [2.45, 2.75) is 158 Å². The number of carbonyl (C=O) groups is 8. The minimum Gasteiger partial charge on any atom is -0.462 e. The van der Waals surface area contributed by atoms with Gasteiger partial charge in [-0.2, -0.15) is 0 Å². The second-order valence-electron chi connectivity index (χ2n) is 19.2. The van der Waals surface area contributed by atoms with Crippen molar-refractivity contribution >= 4 is 92.1 Å². The van der Waals surface area contributed by atoms with Gasteiger partial charge in [0, 0.05) is 0 Å². The van der Waals surface area contributed by atoms with Crippen molar-refractivity contribution in [2.24, 2.45) is 0 Å². The van der Waals surface area contributed by atoms with Gasteiger partial charge in [-0.3, -0.25) is 0 Å². The van der Waals surface area contributed by atoms with Gasteiger partial charge in [0.2, 0.25) is 0 Å². The summed E-state index contributed by atoms with van der Waals surface area (Å²) in [5.74, 6) is -7.96. The summed E-state index contributed by atoms with van der Waals surface area (Å²) in [7, 11) is 0. The van der Waals surface area contributed by atoms with Crippen LogP contribution in [0.1, 0.15) is 222 Å². The number of fused-ring (bicyclic) bond motifs is 8. The summed E-state index contributed by atoms with van der Waals surface area (Å²) in [6, 6.07) is 5.01. The van der Waals surface area contributed by atoms with Crippen LogP contribution in [0.4, 0.5) is 0 Å². The summed E-state index contributed by atoms with van der Waals surface area (Å²) >= 11 is 0. The standard InChI is InChI=1S/C60H78N4O16/c1-9-17-25-73-53(65)45-37-33-39-47(55(67)75-27-19-11-3)49(57(69)77-29-21-13-5)41(62-39)35-43-51(59(71)79-31-23-15-7)52(60(72)80-32-24-16-8)44(64-43)36-42-50(58(70)78-30-22-14-6)48(56(68)76-28-20-12-4)40(63-42)34-38(61-37)46(45)54(66)74-26-18-10-2/h33-36,61,64H,9-32H2,1-8H3. The average Bonchev–Trinajstić information content (AvgIpc) is 4.23. The summed E-state index contributed by atoms with van der Waals surface area (Å²) in [5, 5.41) is 0. The van der Waals surface area contributed by atoms with Gasteiger partial charge in [-0.1, -0.05) is 107 Å². The van der Waals surface area contributed by atoms with Crippen molar-refractivity contribution in [1.82, 2.24) is 19.9 Å². The number of unbranched alkanes of at least 4 members (excludes halogenated alkanes) is 8. The Morgan fingerprint density at radius 2 is 0.450 bits per heavy atom. The molecule has 8 bridgehead atoms. The molecule has 80 heavy (non-hydrogen) atoms. The first-order chi connectivity index (χ1) is 38.7. The molecule has 3 aromatic heterocycles. The van der Waals surface area contributed by atoms with Crippen LogP contribution in [0.2, 0.25) is 0 Å². The summed E-state index contributed by atoms with van der Waals surface area (Å²) in [6.45, 7) is 14.7. The van der Waals surface area contributed by atoms with Crippen molar-refractivity contribution in [2.75, 3.05) is 52.9 Å². The first kappa shape index (κ1) is 63.2. The van der Waals surface area contributed by atoms with E-state index in [-0.39, 0.29) is 120 Å². The van der Waals surface area contributed by atoms with Crippen molar-refractivity contribution in [3.8, 4) is 0 Å². The number of nitrogens with zero attached hydrogens (tertiary/aromatic N) is 2. The lowest BCUT2D eigenvalue weighted by molar-refractivity contribution is -0.138. The monoisotopic (exact) mass is 1110 g/mol. The second-order valence-corrected chi connectivity index (χ2v) is 19.2. The predicted molar refractivity (Wildman–Crippen MR) is 299 cm³/mol. The van der Waals surface area contributed by atoms with Gasteiger partial charge < -0.3 is 47.9 Å². The highest BCUT2D eigenvalue weighted by atomic mass is 16.6. The molecule has 0 aromatic carbocycles. The number of ether oxygens (including phenoxy) is 8. The van der Waals surface area contributed by atoms with Crippen molar-refractivity contribution < 1.29 is 76.3 Å². The lowest BCUT2D eigenvalue weighted by Crippen LogP contribution is -2.15. The number of hydrogen-bond donors (Lipinski definition) is 2. The maximum absolute atomic E-state index is 14.6. The zero-order chi connectivity index (χ0) is 58.1. The van der Waals surface area contributed by atoms with Crippen LogP contribution in [0, 0.1) is 0 Å². The Bertz CT molecular complexity index is 2580. The largest absolute Gasteiger partial charge is 0.462 e. The molecule has 434 valence electrons. The molecule has 0 unspecified atom stereocenters. The number of rotatable bonds is 32. The highest BCUT2D eigenvalue weighted by Gasteiger charge is 2.37. The van der Waals surface area contributed by atoms with E-state index >= 15 is 0 Å². The Balaban J connectivity index is 2.19. The minimum atomic E-state index is -1.00. The third-order valence-corrected chi connectivity index (χ3v) is 12.7. The van der Waals surface area contributed by atoms with E-state index in [1.54, 1.807) is 0 Å². The average molecular weight is 1110 g/mol. The molecule has 2 N–H and O–H groups in total. The molecular formula is C60H78N4O16. The number of carbonyl (C=O) groups excluding carboxylic acids is 8. The number of hydrogen-bond acceptors (Lipinski definition) is 18. The molecule has 0 spiro atoms. The molecule has 0 aliphatic carbocycles. The van der Waals surface area contributed by atoms with E-state index in [1.807, 2.05) is 55.4 Å². The smallest absolute Gasteiger partial charge is 0.341 e. The quantitative estimate of drug-likeness (QED) is 0.0334. The molecule has 3 aromatic rings. The first-order valence-corrected chi connectivity index (χ1v) is 28.4. The molecule has 0 radical (unpaired) electrons. The van der Waals surface area contributed by atoms with Crippen LogP contribution in [0.5, 0.6) is 0 Å². The minimum absolute atomic E-state index is 0.0595. The molecule has 2 aliphatic heterocycles. The van der Waals surface area contributed by atoms with Gasteiger partial charge in [-0.25, -0.2) is 48.3 Å². The van der Waals surface area contributed by atoms with Crippen LogP contribution in [0.15, 0.2) is 24.3 Å². The van der Waals surface area contributed by atoms with E-state index in [2.05, 4.69) is 9.97 Å². The van der Waals surface area contributed by atoms with Crippen molar-refractivity contribution in [1.29, 1.82) is 0 Å². The number of aromatic nitrogens is 4. The van der Waals surface area contributed by atoms with Crippen LogP contribution < -0.4 is 0 Å². The Labute approximate surface area is 467 Å². The summed E-state index contributed by atoms with van der Waals surface area (Å²) in [5.41, 5.74) is -4.80. The zero-order valence-electron chi connectivity index (χ0n) is 47.7. The molecule has 5 heterocycles. The highest BCUT2D eigenvalue weighted by Crippen LogP contribution is 2.38. The van der Waals surface area contributed by atoms with Gasteiger partial charge in [-0.05, 0) is 75.6 Å². The van der Waals surface area contributed by atoms with Gasteiger partial charge in [-0.15, -0.1) is 0 Å². The predicted octanol–water partition coefficient (Wildman–Crippen LogP) is 11.3. The van der Waals surface area contributed by atoms with Crippen LogP contribution in [0.3, 0.4) is 0 Å². The fraction of sp³-hybridized carbons (Fsp3) is 0.533. The lowest BCUT2D eigenvalue weighted by Gasteiger charge is -2.10. The lowest BCUT2D eigenvalue weighted by atomic mass is 10.0. The molecular weight excluding hydrogens is 1030 g/mol. The normalized spacial score (nSPS) is 12.0. The van der Waals surface area contributed by atoms with Gasteiger partial charge in [0.25, 0.3) is 0 Å². The van der Waals surface area contributed by atoms with E-state index in [0.29, 0.717) is 103 Å². The Hall–Kier alpha value is -7.64. The van der Waals surface area contributed by atoms with Crippen LogP contribution in [0.25, 0.3) is 44.4 Å². The molecule has 0 saturated carbocycles. The zero-order valence-corrected chi connectivity index (χ0v) is 47.7. The first-order valence-electron chi connectivity index (χ1n) is 28.4. The summed E-state index contributed by atoms with van der Waals surface area (Å²) in [4.78, 5) is 133. The number of esters is 8. The van der Waals surface area contributed by atoms with E-state index in [1.165, 1.54) is 24.3 Å². The van der Waals surface area contributed by atoms with Gasteiger partial charge in [0.1, 0.15) is 22.3 Å². The molecule has 0 atom stereocenters. The number of H-pyrrole nitrogens is 2. The van der Waals surface area contributed by atoms with Gasteiger partial charge in [0.05, 0.1) is 120 Å². The summed E-state index contributed by atoms with van der Waals surface area (Å²) < 4.78 is 46.3. The Morgan fingerprint density at radius 1 is 0.287 bits per heavy atom. The summed E-state index contributed by atoms with van der Waals surface area (Å²) in [6.07, 6.45) is 8.77. The maximum Gasteiger partial charge on any atom is 0.341 e. The van der Waals surface area contributed by atoms with Crippen molar-refractivity contribution in [3.05, 3.63) is 69.3 Å². The van der Waals surface area contributed by atoms with E-state index in [9.17, 15) is 38.4 Å². The third kappa shape index (κ3) is 16.2. The maximum atomic E-state index is 14.6. The number of nitrogens with one attached hydrogen (secondary N) is 2. The van der Waals surface area contributed by atoms with E-state index in [4.69, 9.17) is 47.9 Å². The Kier molecular flexibility index (Phi) is 25.6. The van der Waals surface area contributed by atoms with Crippen LogP contribution in [-0.2, 0) is 57.1 Å². The second kappa shape index (κ2) is 32.4. The Morgan fingerprint density at radius 3 is 0.613 bits per heavy atom. The van der Waals surface area contributed by atoms with E-state index in [0.717, 1.165) is 0 Å². The van der Waals surface area contributed by atoms with Crippen LogP contribution in [-0.4, -0.2) is 121 Å². The fourth-order valence-corrected chi connectivity index (χ4v) is 8.20. The highest BCUT2D eigenvalue weighted by molar-refractivity contribution is 6.39. The SMILES string of the molecule is CCCCOC(=O)C1=C(C(=O)OCCCC)c2cc3[nH]c(cc4nc(cc5[nH]c(cc1n2)c(C(=O)OCCCC)c5C(=O)OCCCC)C(C(=O)OCCCC)=C4C(=O)OCCCC)c(C(=O)OCCCC)c3C(=O)OCCCC. The van der Waals surface area contributed by atoms with E-state index < -0.39 is 70.0 Å². The topological polar surface area (TPSA) is 268 Å². The molecule has 5 rings (SSSR count). The van der Waals surface area contributed by atoms with Crippen molar-refractivity contribution in [3.63, 3.8) is 0 Å². The molecule has 20 nitrogen and oxygen atoms in total. The number of aromatic amines is 2. The fourth-order valence-electron chi connectivity index (χ4n) is 8.20. The molecule has 0 amide bonds. The molecule has 20 heteroatoms. The van der Waals surface area contributed by atoms with Gasteiger partial charge >= 0.3 is 47.8 Å². The molecule has 0 saturated heterocycles. The molecule has 0 fully saturated rings. The molecule has 2 aliphatic rings. The third-order valence-electron chi connectivity index (χ3n) is 12.7. The van der Waals surface area contributed by atoms with Gasteiger partial charge in [0.15, 0.2) is 0 Å².